The van der Waals surface area contributed by atoms with E-state index in [0.29, 0.717) is 44.6 Å². The lowest BCUT2D eigenvalue weighted by molar-refractivity contribution is 0.0904. The molecule has 1 aliphatic heterocycles. The first-order chi connectivity index (χ1) is 13.5. The standard InChI is InChI=1S/C19H35N5O4S/c1-15(2)27-11-12-29(25,26)24-9-7-23(8-10-24)18(20-6)22-14-17-21-13-16(28-17)19(3,4)5/h13,15H,7-12,14H2,1-6H3,(H,20,22). The third-order valence-corrected chi connectivity index (χ3v) is 6.46. The van der Waals surface area contributed by atoms with Crippen LogP contribution in [-0.2, 0) is 26.7 Å². The van der Waals surface area contributed by atoms with E-state index in [4.69, 9.17) is 9.15 Å². The van der Waals surface area contributed by atoms with Gasteiger partial charge in [-0.05, 0) is 13.8 Å². The molecular weight excluding hydrogens is 394 g/mol. The number of oxazole rings is 1. The van der Waals surface area contributed by atoms with Gasteiger partial charge in [-0.3, -0.25) is 4.99 Å². The lowest BCUT2D eigenvalue weighted by Crippen LogP contribution is -2.54. The van der Waals surface area contributed by atoms with Crippen molar-refractivity contribution in [2.45, 2.75) is 52.7 Å². The van der Waals surface area contributed by atoms with Crippen LogP contribution < -0.4 is 5.32 Å². The molecule has 0 spiro atoms. The molecule has 9 nitrogen and oxygen atoms in total. The molecule has 0 aromatic carbocycles. The third kappa shape index (κ3) is 6.97. The molecule has 1 N–H and O–H groups in total. The summed E-state index contributed by atoms with van der Waals surface area (Å²) in [4.78, 5) is 10.7. The topological polar surface area (TPSA) is 100 Å². The fourth-order valence-corrected chi connectivity index (χ4v) is 4.21. The van der Waals surface area contributed by atoms with Crippen LogP contribution in [0.3, 0.4) is 0 Å². The van der Waals surface area contributed by atoms with Crippen molar-refractivity contribution >= 4 is 16.0 Å². The summed E-state index contributed by atoms with van der Waals surface area (Å²) in [5.74, 6) is 2.16. The van der Waals surface area contributed by atoms with Crippen LogP contribution in [0.5, 0.6) is 0 Å². The molecule has 0 radical (unpaired) electrons. The Bertz CT molecular complexity index is 775. The molecule has 1 aliphatic rings. The molecule has 1 aromatic rings. The predicted octanol–water partition coefficient (Wildman–Crippen LogP) is 1.42. The Labute approximate surface area is 174 Å². The van der Waals surface area contributed by atoms with Crippen LogP contribution in [0.1, 0.15) is 46.3 Å². The van der Waals surface area contributed by atoms with E-state index in [0.717, 1.165) is 5.76 Å². The van der Waals surface area contributed by atoms with Gasteiger partial charge in [0.2, 0.25) is 15.9 Å². The molecule has 2 heterocycles. The van der Waals surface area contributed by atoms with Gasteiger partial charge < -0.3 is 19.4 Å². The summed E-state index contributed by atoms with van der Waals surface area (Å²) in [5, 5.41) is 3.25. The summed E-state index contributed by atoms with van der Waals surface area (Å²) in [5.41, 5.74) is -0.0883. The Hall–Kier alpha value is -1.65. The largest absolute Gasteiger partial charge is 0.443 e. The molecule has 1 fully saturated rings. The highest BCUT2D eigenvalue weighted by atomic mass is 32.2. The molecule has 1 saturated heterocycles. The maximum absolute atomic E-state index is 12.5. The molecule has 29 heavy (non-hydrogen) atoms. The van der Waals surface area contributed by atoms with E-state index in [-0.39, 0.29) is 23.9 Å². The first kappa shape index (κ1) is 23.6. The fraction of sp³-hybridized carbons (Fsp3) is 0.789. The van der Waals surface area contributed by atoms with Gasteiger partial charge in [-0.2, -0.15) is 4.31 Å². The van der Waals surface area contributed by atoms with Crippen molar-refractivity contribution in [1.29, 1.82) is 0 Å². The molecule has 0 bridgehead atoms. The second-order valence-electron chi connectivity index (χ2n) is 8.39. The van der Waals surface area contributed by atoms with Crippen molar-refractivity contribution in [3.63, 3.8) is 0 Å². The van der Waals surface area contributed by atoms with Crippen molar-refractivity contribution in [2.75, 3.05) is 45.6 Å². The minimum absolute atomic E-state index is 0.0123. The Morgan fingerprint density at radius 2 is 1.97 bits per heavy atom. The second kappa shape index (κ2) is 9.90. The lowest BCUT2D eigenvalue weighted by Gasteiger charge is -2.35. The molecule has 0 aliphatic carbocycles. The Balaban J connectivity index is 1.84. The molecule has 1 aromatic heterocycles. The average molecular weight is 430 g/mol. The van der Waals surface area contributed by atoms with E-state index in [1.54, 1.807) is 13.2 Å². The number of hydrogen-bond acceptors (Lipinski definition) is 6. The average Bonchev–Trinajstić information content (AvgIpc) is 3.11. The first-order valence-corrected chi connectivity index (χ1v) is 11.6. The molecule has 166 valence electrons. The minimum Gasteiger partial charge on any atom is -0.443 e. The molecule has 0 unspecified atom stereocenters. The minimum atomic E-state index is -3.30. The monoisotopic (exact) mass is 429 g/mol. The zero-order valence-electron chi connectivity index (χ0n) is 18.4. The van der Waals surface area contributed by atoms with Gasteiger partial charge in [-0.15, -0.1) is 0 Å². The number of nitrogens with zero attached hydrogens (tertiary/aromatic N) is 4. The quantitative estimate of drug-likeness (QED) is 0.517. The number of nitrogens with one attached hydrogen (secondary N) is 1. The van der Waals surface area contributed by atoms with E-state index < -0.39 is 10.0 Å². The summed E-state index contributed by atoms with van der Waals surface area (Å²) in [6.45, 7) is 12.7. The van der Waals surface area contributed by atoms with Crippen LogP contribution in [0, 0.1) is 0 Å². The first-order valence-electron chi connectivity index (χ1n) is 10.0. The maximum Gasteiger partial charge on any atom is 0.216 e. The Kier molecular flexibility index (Phi) is 8.07. The van der Waals surface area contributed by atoms with Gasteiger partial charge in [0, 0.05) is 38.6 Å². The number of piperazine rings is 1. The number of guanidine groups is 1. The van der Waals surface area contributed by atoms with E-state index in [1.165, 1.54) is 4.31 Å². The van der Waals surface area contributed by atoms with E-state index >= 15 is 0 Å². The summed E-state index contributed by atoms with van der Waals surface area (Å²) >= 11 is 0. The van der Waals surface area contributed by atoms with Gasteiger partial charge in [0.05, 0.1) is 31.2 Å². The zero-order valence-corrected chi connectivity index (χ0v) is 19.3. The summed E-state index contributed by atoms with van der Waals surface area (Å²) < 4.78 is 37.6. The SMILES string of the molecule is CN=C(NCc1ncc(C(C)(C)C)o1)N1CCN(S(=O)(=O)CCOC(C)C)CC1. The Morgan fingerprint density at radius 3 is 2.48 bits per heavy atom. The smallest absolute Gasteiger partial charge is 0.216 e. The van der Waals surface area contributed by atoms with E-state index in [9.17, 15) is 8.42 Å². The van der Waals surface area contributed by atoms with Crippen LogP contribution in [0.25, 0.3) is 0 Å². The summed E-state index contributed by atoms with van der Waals surface area (Å²) in [6.07, 6.45) is 1.78. The highest BCUT2D eigenvalue weighted by Crippen LogP contribution is 2.22. The summed E-state index contributed by atoms with van der Waals surface area (Å²) in [7, 11) is -1.59. The van der Waals surface area contributed by atoms with Gasteiger partial charge in [0.15, 0.2) is 5.96 Å². The molecule has 10 heteroatoms. The highest BCUT2D eigenvalue weighted by molar-refractivity contribution is 7.89. The molecule has 0 amide bonds. The van der Waals surface area contributed by atoms with Crippen LogP contribution in [0.4, 0.5) is 0 Å². The zero-order chi connectivity index (χ0) is 21.7. The number of sulfonamides is 1. The molecule has 0 saturated carbocycles. The number of aromatic nitrogens is 1. The van der Waals surface area contributed by atoms with Crippen molar-refractivity contribution in [2.24, 2.45) is 4.99 Å². The third-order valence-electron chi connectivity index (χ3n) is 4.63. The van der Waals surface area contributed by atoms with Gasteiger partial charge in [-0.25, -0.2) is 13.4 Å². The van der Waals surface area contributed by atoms with Gasteiger partial charge in [-0.1, -0.05) is 20.8 Å². The normalized spacial score (nSPS) is 17.2. The number of ether oxygens (including phenoxy) is 1. The molecule has 2 rings (SSSR count). The fourth-order valence-electron chi connectivity index (χ4n) is 2.92. The van der Waals surface area contributed by atoms with Gasteiger partial charge >= 0.3 is 0 Å². The van der Waals surface area contributed by atoms with E-state index in [2.05, 4.69) is 36.1 Å². The number of aliphatic imine (C=N–C) groups is 1. The number of rotatable bonds is 7. The van der Waals surface area contributed by atoms with Crippen molar-refractivity contribution in [1.82, 2.24) is 19.5 Å². The second-order valence-corrected chi connectivity index (χ2v) is 10.5. The van der Waals surface area contributed by atoms with Crippen LogP contribution >= 0.6 is 0 Å². The van der Waals surface area contributed by atoms with Crippen LogP contribution in [-0.4, -0.2) is 80.3 Å². The molecule has 0 atom stereocenters. The van der Waals surface area contributed by atoms with Crippen molar-refractivity contribution < 1.29 is 17.6 Å². The molecular formula is C19H35N5O4S. The number of hydrogen-bond donors (Lipinski definition) is 1. The van der Waals surface area contributed by atoms with Crippen molar-refractivity contribution in [3.05, 3.63) is 17.8 Å². The lowest BCUT2D eigenvalue weighted by atomic mass is 9.94. The predicted molar refractivity (Wildman–Crippen MR) is 113 cm³/mol. The van der Waals surface area contributed by atoms with Crippen molar-refractivity contribution in [3.8, 4) is 0 Å². The van der Waals surface area contributed by atoms with E-state index in [1.807, 2.05) is 18.7 Å². The van der Waals surface area contributed by atoms with Gasteiger partial charge in [0.1, 0.15) is 5.76 Å². The van der Waals surface area contributed by atoms with Gasteiger partial charge in [0.25, 0.3) is 0 Å². The Morgan fingerprint density at radius 1 is 1.31 bits per heavy atom. The van der Waals surface area contributed by atoms with Crippen LogP contribution in [0.2, 0.25) is 0 Å². The summed E-state index contributed by atoms with van der Waals surface area (Å²) in [6, 6.07) is 0. The maximum atomic E-state index is 12.5. The highest BCUT2D eigenvalue weighted by Gasteiger charge is 2.28. The van der Waals surface area contributed by atoms with Crippen LogP contribution in [0.15, 0.2) is 15.6 Å².